The number of likely N-dealkylation sites (N-methyl/N-ethyl adjacent to an activating group) is 1. The molecule has 0 aliphatic carbocycles. The number of rotatable bonds is 5. The molecule has 0 radical (unpaired) electrons. The molecule has 2 aromatic rings. The molecule has 0 atom stereocenters. The van der Waals surface area contributed by atoms with Crippen molar-refractivity contribution in [3.05, 3.63) is 78.0 Å². The lowest BCUT2D eigenvalue weighted by molar-refractivity contribution is -0.134. The smallest absolute Gasteiger partial charge is 0.328 e. The zero-order valence-electron chi connectivity index (χ0n) is 20.4. The maximum atomic E-state index is 9.55. The van der Waals surface area contributed by atoms with Crippen LogP contribution in [-0.4, -0.2) is 92.3 Å². The topological polar surface area (TPSA) is 169 Å². The van der Waals surface area contributed by atoms with Gasteiger partial charge in [0, 0.05) is 78.4 Å². The molecule has 12 heteroatoms. The number of aliphatic carboxylic acids is 4. The normalized spacial score (nSPS) is 14.6. The van der Waals surface area contributed by atoms with Gasteiger partial charge in [0.05, 0.1) is 0 Å². The van der Waals surface area contributed by atoms with Crippen LogP contribution < -0.4 is 0 Å². The van der Waals surface area contributed by atoms with E-state index in [0.29, 0.717) is 24.3 Å². The maximum Gasteiger partial charge on any atom is 0.328 e. The van der Waals surface area contributed by atoms with Crippen molar-refractivity contribution in [3.8, 4) is 0 Å². The monoisotopic (exact) mass is 541 g/mol. The second kappa shape index (κ2) is 15.0. The maximum absolute atomic E-state index is 9.55. The van der Waals surface area contributed by atoms with Gasteiger partial charge in [-0.15, -0.1) is 0 Å². The highest BCUT2D eigenvalue weighted by Crippen LogP contribution is 2.40. The largest absolute Gasteiger partial charge is 0.478 e. The summed E-state index contributed by atoms with van der Waals surface area (Å²) in [7, 11) is 2.20. The number of aromatic nitrogens is 1. The second-order valence-corrected chi connectivity index (χ2v) is 8.87. The standard InChI is InChI=1S/C18H19N3S.2C4H4O4/c1-20-9-11-21(12-10-20)16-13-14-5-4-8-19-18(14)22-17-7-3-2-6-15(16)17;2*5-3(6)1-2-4(7)8/h2-8,13H,9-12H2,1H3;2*1-2H,(H,5,6)(H,7,8)/b;2*2-1-. The summed E-state index contributed by atoms with van der Waals surface area (Å²) in [6, 6.07) is 12.9. The minimum Gasteiger partial charge on any atom is -0.478 e. The molecule has 1 aromatic heterocycles. The summed E-state index contributed by atoms with van der Waals surface area (Å²) < 4.78 is 0. The van der Waals surface area contributed by atoms with Crippen LogP contribution in [0.25, 0.3) is 11.8 Å². The summed E-state index contributed by atoms with van der Waals surface area (Å²) in [5.41, 5.74) is 3.88. The van der Waals surface area contributed by atoms with Gasteiger partial charge in [0.2, 0.25) is 0 Å². The van der Waals surface area contributed by atoms with Gasteiger partial charge in [0.15, 0.2) is 0 Å². The Labute approximate surface area is 223 Å². The van der Waals surface area contributed by atoms with Crippen molar-refractivity contribution >= 4 is 47.4 Å². The van der Waals surface area contributed by atoms with Gasteiger partial charge in [0.25, 0.3) is 0 Å². The summed E-state index contributed by atoms with van der Waals surface area (Å²) in [5, 5.41) is 32.3. The Morgan fingerprint density at radius 3 is 1.84 bits per heavy atom. The van der Waals surface area contributed by atoms with Crippen LogP contribution in [-0.2, 0) is 19.2 Å². The summed E-state index contributed by atoms with van der Waals surface area (Å²) in [6.07, 6.45) is 6.42. The second-order valence-electron chi connectivity index (χ2n) is 7.84. The van der Waals surface area contributed by atoms with E-state index < -0.39 is 23.9 Å². The SMILES string of the molecule is CN1CCN(C2=Cc3cccnc3Sc3ccccc32)CC1.O=C(O)/C=C\C(=O)O.O=C(O)/C=C\C(=O)O. The average Bonchev–Trinajstić information content (AvgIpc) is 3.04. The lowest BCUT2D eigenvalue weighted by Gasteiger charge is -2.36. The van der Waals surface area contributed by atoms with E-state index in [-0.39, 0.29) is 0 Å². The van der Waals surface area contributed by atoms with E-state index in [1.54, 1.807) is 11.8 Å². The Morgan fingerprint density at radius 1 is 0.789 bits per heavy atom. The van der Waals surface area contributed by atoms with E-state index in [4.69, 9.17) is 20.4 Å². The van der Waals surface area contributed by atoms with Crippen molar-refractivity contribution in [3.63, 3.8) is 0 Å². The van der Waals surface area contributed by atoms with E-state index >= 15 is 0 Å². The minimum atomic E-state index is -1.26. The molecule has 200 valence electrons. The van der Waals surface area contributed by atoms with Crippen molar-refractivity contribution in [2.75, 3.05) is 33.2 Å². The van der Waals surface area contributed by atoms with Gasteiger partial charge >= 0.3 is 23.9 Å². The molecule has 11 nitrogen and oxygen atoms in total. The highest BCUT2D eigenvalue weighted by molar-refractivity contribution is 7.99. The van der Waals surface area contributed by atoms with Crippen molar-refractivity contribution in [2.24, 2.45) is 0 Å². The van der Waals surface area contributed by atoms with Crippen LogP contribution in [0, 0.1) is 0 Å². The van der Waals surface area contributed by atoms with Gasteiger partial charge in [-0.25, -0.2) is 24.2 Å². The molecule has 4 rings (SSSR count). The first-order valence-electron chi connectivity index (χ1n) is 11.2. The van der Waals surface area contributed by atoms with Gasteiger partial charge in [-0.1, -0.05) is 36.0 Å². The molecule has 0 amide bonds. The molecular weight excluding hydrogens is 514 g/mol. The van der Waals surface area contributed by atoms with Crippen LogP contribution >= 0.6 is 11.8 Å². The number of carbonyl (C=O) groups is 4. The zero-order chi connectivity index (χ0) is 28.1. The average molecular weight is 542 g/mol. The highest BCUT2D eigenvalue weighted by atomic mass is 32.2. The van der Waals surface area contributed by atoms with Gasteiger partial charge in [-0.05, 0) is 25.3 Å². The number of benzene rings is 1. The Morgan fingerprint density at radius 2 is 1.32 bits per heavy atom. The van der Waals surface area contributed by atoms with Crippen LogP contribution in [0.5, 0.6) is 0 Å². The molecule has 1 saturated heterocycles. The summed E-state index contributed by atoms with van der Waals surface area (Å²) in [6.45, 7) is 4.40. The minimum absolute atomic E-state index is 0.558. The number of hydrogen-bond acceptors (Lipinski definition) is 8. The molecule has 2 aliphatic rings. The predicted octanol–water partition coefficient (Wildman–Crippen LogP) is 2.72. The van der Waals surface area contributed by atoms with Gasteiger partial charge in [-0.2, -0.15) is 0 Å². The van der Waals surface area contributed by atoms with Crippen LogP contribution in [0.1, 0.15) is 11.1 Å². The van der Waals surface area contributed by atoms with Gasteiger partial charge in [-0.3, -0.25) is 0 Å². The van der Waals surface area contributed by atoms with Crippen LogP contribution in [0.3, 0.4) is 0 Å². The molecule has 3 heterocycles. The van der Waals surface area contributed by atoms with E-state index in [9.17, 15) is 19.2 Å². The fourth-order valence-corrected chi connectivity index (χ4v) is 4.28. The molecule has 4 N–H and O–H groups in total. The Balaban J connectivity index is 0.000000264. The van der Waals surface area contributed by atoms with E-state index in [1.165, 1.54) is 21.7 Å². The molecular formula is C26H27N3O8S. The van der Waals surface area contributed by atoms with E-state index in [1.807, 2.05) is 12.3 Å². The lowest BCUT2D eigenvalue weighted by atomic mass is 10.1. The molecule has 2 aliphatic heterocycles. The van der Waals surface area contributed by atoms with Crippen molar-refractivity contribution in [2.45, 2.75) is 9.92 Å². The third kappa shape index (κ3) is 10.3. The van der Waals surface area contributed by atoms with Gasteiger partial charge in [0.1, 0.15) is 5.03 Å². The number of nitrogens with zero attached hydrogens (tertiary/aromatic N) is 3. The molecule has 38 heavy (non-hydrogen) atoms. The number of fused-ring (bicyclic) bond motifs is 2. The Hall–Kier alpha value is -4.42. The molecule has 0 unspecified atom stereocenters. The Kier molecular flexibility index (Phi) is 11.7. The molecule has 0 saturated carbocycles. The summed E-state index contributed by atoms with van der Waals surface area (Å²) in [4.78, 5) is 49.0. The van der Waals surface area contributed by atoms with Crippen molar-refractivity contribution < 1.29 is 39.6 Å². The lowest BCUT2D eigenvalue weighted by Crippen LogP contribution is -2.43. The zero-order valence-corrected chi connectivity index (χ0v) is 21.2. The van der Waals surface area contributed by atoms with Gasteiger partial charge < -0.3 is 30.2 Å². The number of hydrogen-bond donors (Lipinski definition) is 4. The third-order valence-corrected chi connectivity index (χ3v) is 6.15. The van der Waals surface area contributed by atoms with E-state index in [2.05, 4.69) is 58.2 Å². The van der Waals surface area contributed by atoms with Crippen LogP contribution in [0.15, 0.2) is 76.8 Å². The number of pyridine rings is 1. The molecule has 1 fully saturated rings. The predicted molar refractivity (Wildman–Crippen MR) is 141 cm³/mol. The number of carboxylic acid groups (broad SMARTS) is 4. The fraction of sp³-hybridized carbons (Fsp3) is 0.192. The van der Waals surface area contributed by atoms with E-state index in [0.717, 1.165) is 31.2 Å². The molecule has 1 aromatic carbocycles. The third-order valence-electron chi connectivity index (χ3n) is 5.04. The summed E-state index contributed by atoms with van der Waals surface area (Å²) in [5.74, 6) is -5.03. The van der Waals surface area contributed by atoms with Crippen molar-refractivity contribution in [1.82, 2.24) is 14.8 Å². The Bertz CT molecular complexity index is 1180. The number of piperazine rings is 1. The molecule has 0 spiro atoms. The first-order valence-corrected chi connectivity index (χ1v) is 12.0. The summed E-state index contributed by atoms with van der Waals surface area (Å²) >= 11 is 1.77. The quantitative estimate of drug-likeness (QED) is 0.409. The highest BCUT2D eigenvalue weighted by Gasteiger charge is 2.22. The van der Waals surface area contributed by atoms with Crippen LogP contribution in [0.4, 0.5) is 0 Å². The molecule has 0 bridgehead atoms. The first-order chi connectivity index (χ1) is 18.1. The number of carboxylic acids is 4. The first kappa shape index (κ1) is 29.8. The fourth-order valence-electron chi connectivity index (χ4n) is 3.29. The van der Waals surface area contributed by atoms with Crippen molar-refractivity contribution in [1.29, 1.82) is 0 Å². The van der Waals surface area contributed by atoms with Crippen LogP contribution in [0.2, 0.25) is 0 Å².